The second-order valence-electron chi connectivity index (χ2n) is 6.44. The van der Waals surface area contributed by atoms with E-state index in [2.05, 4.69) is 36.4 Å². The molecular formula is C21H21ClO. The van der Waals surface area contributed by atoms with Crippen molar-refractivity contribution in [3.05, 3.63) is 77.4 Å². The van der Waals surface area contributed by atoms with E-state index in [1.165, 1.54) is 22.3 Å². The number of halogens is 1. The number of allylic oxidation sites excluding steroid dienone is 2. The van der Waals surface area contributed by atoms with E-state index in [1.54, 1.807) is 0 Å². The third-order valence-electron chi connectivity index (χ3n) is 4.91. The van der Waals surface area contributed by atoms with Crippen molar-refractivity contribution in [2.75, 3.05) is 0 Å². The van der Waals surface area contributed by atoms with E-state index in [0.717, 1.165) is 25.7 Å². The zero-order valence-corrected chi connectivity index (χ0v) is 14.1. The van der Waals surface area contributed by atoms with Gasteiger partial charge in [0.25, 0.3) is 0 Å². The van der Waals surface area contributed by atoms with Gasteiger partial charge in [0.05, 0.1) is 5.41 Å². The first-order valence-corrected chi connectivity index (χ1v) is 8.51. The molecule has 0 saturated heterocycles. The molecule has 0 aromatic heterocycles. The van der Waals surface area contributed by atoms with Crippen molar-refractivity contribution in [1.29, 1.82) is 0 Å². The number of carbonyl (C=O) groups excluding carboxylic acids is 1. The smallest absolute Gasteiger partial charge is 0.231 e. The van der Waals surface area contributed by atoms with Crippen LogP contribution in [0.2, 0.25) is 0 Å². The van der Waals surface area contributed by atoms with Gasteiger partial charge in [0.15, 0.2) is 0 Å². The fourth-order valence-electron chi connectivity index (χ4n) is 3.53. The quantitative estimate of drug-likeness (QED) is 0.665. The van der Waals surface area contributed by atoms with Crippen LogP contribution in [0.5, 0.6) is 0 Å². The van der Waals surface area contributed by atoms with Crippen molar-refractivity contribution >= 4 is 22.4 Å². The van der Waals surface area contributed by atoms with Crippen LogP contribution in [0.1, 0.15) is 37.3 Å². The van der Waals surface area contributed by atoms with E-state index in [0.29, 0.717) is 0 Å². The van der Waals surface area contributed by atoms with Crippen LogP contribution in [0.25, 0.3) is 5.57 Å². The Morgan fingerprint density at radius 1 is 1.04 bits per heavy atom. The van der Waals surface area contributed by atoms with Crippen molar-refractivity contribution < 1.29 is 4.79 Å². The van der Waals surface area contributed by atoms with Gasteiger partial charge in [-0.3, -0.25) is 4.79 Å². The minimum Gasteiger partial charge on any atom is -0.280 e. The molecular weight excluding hydrogens is 304 g/mol. The van der Waals surface area contributed by atoms with Crippen LogP contribution in [-0.2, 0) is 11.2 Å². The predicted octanol–water partition coefficient (Wildman–Crippen LogP) is 5.64. The van der Waals surface area contributed by atoms with Gasteiger partial charge < -0.3 is 0 Å². The molecule has 1 aliphatic rings. The van der Waals surface area contributed by atoms with Crippen molar-refractivity contribution in [2.45, 2.75) is 32.6 Å². The Balaban J connectivity index is 2.13. The maximum atomic E-state index is 12.2. The number of hydrogen-bond donors (Lipinski definition) is 0. The number of hydrogen-bond acceptors (Lipinski definition) is 1. The average molecular weight is 325 g/mol. The molecule has 3 rings (SSSR count). The molecule has 0 amide bonds. The van der Waals surface area contributed by atoms with Crippen LogP contribution in [0.15, 0.2) is 66.2 Å². The highest BCUT2D eigenvalue weighted by molar-refractivity contribution is 6.65. The van der Waals surface area contributed by atoms with E-state index in [-0.39, 0.29) is 5.24 Å². The van der Waals surface area contributed by atoms with Gasteiger partial charge in [-0.25, -0.2) is 0 Å². The Bertz CT molecular complexity index is 718. The van der Waals surface area contributed by atoms with E-state index in [1.807, 2.05) is 31.2 Å². The van der Waals surface area contributed by atoms with Gasteiger partial charge in [0.2, 0.25) is 5.24 Å². The van der Waals surface area contributed by atoms with Crippen molar-refractivity contribution in [3.8, 4) is 0 Å². The summed E-state index contributed by atoms with van der Waals surface area (Å²) in [6, 6.07) is 20.7. The van der Waals surface area contributed by atoms with Gasteiger partial charge in [-0.1, -0.05) is 60.7 Å². The first-order chi connectivity index (χ1) is 11.1. The largest absolute Gasteiger partial charge is 0.280 e. The van der Waals surface area contributed by atoms with Crippen molar-refractivity contribution in [1.82, 2.24) is 0 Å². The standard InChI is InChI=1S/C21H21ClO/c1-21(20(22)23)14-8-13-18(17-11-6-3-7-12-17)19(21)15-16-9-4-2-5-10-16/h2-7,9-12H,8,13-15H2,1H3. The molecule has 2 heteroatoms. The Morgan fingerprint density at radius 3 is 2.26 bits per heavy atom. The first kappa shape index (κ1) is 16.0. The molecule has 2 aromatic rings. The van der Waals surface area contributed by atoms with Crippen LogP contribution < -0.4 is 0 Å². The fraction of sp³-hybridized carbons (Fsp3) is 0.286. The SMILES string of the molecule is CC1(C(=O)Cl)CCCC(c2ccccc2)=C1Cc1ccccc1. The number of rotatable bonds is 4. The molecule has 0 bridgehead atoms. The summed E-state index contributed by atoms with van der Waals surface area (Å²) in [5, 5.41) is -0.239. The summed E-state index contributed by atoms with van der Waals surface area (Å²) < 4.78 is 0. The summed E-state index contributed by atoms with van der Waals surface area (Å²) >= 11 is 6.04. The van der Waals surface area contributed by atoms with Gasteiger partial charge in [-0.15, -0.1) is 0 Å². The highest BCUT2D eigenvalue weighted by Crippen LogP contribution is 2.46. The summed E-state index contributed by atoms with van der Waals surface area (Å²) in [5.41, 5.74) is 4.34. The average Bonchev–Trinajstić information content (AvgIpc) is 2.58. The third kappa shape index (κ3) is 3.25. The van der Waals surface area contributed by atoms with Crippen LogP contribution >= 0.6 is 11.6 Å². The lowest BCUT2D eigenvalue weighted by atomic mass is 9.68. The summed E-state index contributed by atoms with van der Waals surface area (Å²) in [7, 11) is 0. The van der Waals surface area contributed by atoms with Crippen LogP contribution in [-0.4, -0.2) is 5.24 Å². The number of carbonyl (C=O) groups is 1. The highest BCUT2D eigenvalue weighted by Gasteiger charge is 2.39. The molecule has 0 aliphatic heterocycles. The summed E-state index contributed by atoms with van der Waals surface area (Å²) in [4.78, 5) is 12.2. The zero-order chi connectivity index (χ0) is 16.3. The fourth-order valence-corrected chi connectivity index (χ4v) is 3.74. The zero-order valence-electron chi connectivity index (χ0n) is 13.4. The molecule has 1 aliphatic carbocycles. The van der Waals surface area contributed by atoms with Crippen molar-refractivity contribution in [3.63, 3.8) is 0 Å². The second-order valence-corrected chi connectivity index (χ2v) is 6.79. The second kappa shape index (κ2) is 6.72. The maximum absolute atomic E-state index is 12.2. The lowest BCUT2D eigenvalue weighted by Crippen LogP contribution is -2.31. The molecule has 0 spiro atoms. The Morgan fingerprint density at radius 2 is 1.65 bits per heavy atom. The Kier molecular flexibility index (Phi) is 4.68. The molecule has 0 saturated carbocycles. The minimum absolute atomic E-state index is 0.239. The minimum atomic E-state index is -0.569. The van der Waals surface area contributed by atoms with Crippen LogP contribution in [0.3, 0.4) is 0 Å². The van der Waals surface area contributed by atoms with Crippen LogP contribution in [0.4, 0.5) is 0 Å². The topological polar surface area (TPSA) is 17.1 Å². The summed E-state index contributed by atoms with van der Waals surface area (Å²) in [6.07, 6.45) is 3.61. The highest BCUT2D eigenvalue weighted by atomic mass is 35.5. The van der Waals surface area contributed by atoms with Gasteiger partial charge >= 0.3 is 0 Å². The van der Waals surface area contributed by atoms with Crippen molar-refractivity contribution in [2.24, 2.45) is 5.41 Å². The maximum Gasteiger partial charge on any atom is 0.231 e. The van der Waals surface area contributed by atoms with Gasteiger partial charge in [-0.2, -0.15) is 0 Å². The van der Waals surface area contributed by atoms with Gasteiger partial charge in [0.1, 0.15) is 0 Å². The lowest BCUT2D eigenvalue weighted by Gasteiger charge is -2.36. The molecule has 0 heterocycles. The summed E-state index contributed by atoms with van der Waals surface area (Å²) in [5.74, 6) is 0. The number of benzene rings is 2. The molecule has 1 nitrogen and oxygen atoms in total. The molecule has 1 atom stereocenters. The monoisotopic (exact) mass is 324 g/mol. The molecule has 1 unspecified atom stereocenters. The Hall–Kier alpha value is -1.86. The van der Waals surface area contributed by atoms with Gasteiger partial charge in [-0.05, 0) is 66.5 Å². The van der Waals surface area contributed by atoms with E-state index >= 15 is 0 Å². The van der Waals surface area contributed by atoms with E-state index in [4.69, 9.17) is 11.6 Å². The lowest BCUT2D eigenvalue weighted by molar-refractivity contribution is -0.118. The van der Waals surface area contributed by atoms with Crippen LogP contribution in [0, 0.1) is 5.41 Å². The normalized spacial score (nSPS) is 21.3. The first-order valence-electron chi connectivity index (χ1n) is 8.13. The Labute approximate surface area is 143 Å². The molecule has 0 N–H and O–H groups in total. The molecule has 0 radical (unpaired) electrons. The van der Waals surface area contributed by atoms with E-state index in [9.17, 15) is 4.79 Å². The molecule has 118 valence electrons. The third-order valence-corrected chi connectivity index (χ3v) is 5.33. The molecule has 2 aromatic carbocycles. The predicted molar refractivity (Wildman–Crippen MR) is 96.3 cm³/mol. The molecule has 23 heavy (non-hydrogen) atoms. The van der Waals surface area contributed by atoms with E-state index < -0.39 is 5.41 Å². The molecule has 0 fully saturated rings. The summed E-state index contributed by atoms with van der Waals surface area (Å²) in [6.45, 7) is 2.00. The van der Waals surface area contributed by atoms with Gasteiger partial charge in [0, 0.05) is 0 Å².